The van der Waals surface area contributed by atoms with Crippen LogP contribution in [0.4, 0.5) is 0 Å². The van der Waals surface area contributed by atoms with Crippen molar-refractivity contribution in [3.8, 4) is 22.3 Å². The maximum absolute atomic E-state index is 3.30. The van der Waals surface area contributed by atoms with Gasteiger partial charge in [0.1, 0.15) is 0 Å². The van der Waals surface area contributed by atoms with Crippen LogP contribution in [0.15, 0.2) is 77.5 Å². The molecule has 1 aliphatic carbocycles. The molecule has 0 amide bonds. The number of thiophene rings is 1. The van der Waals surface area contributed by atoms with Crippen molar-refractivity contribution in [3.63, 3.8) is 0 Å². The summed E-state index contributed by atoms with van der Waals surface area (Å²) < 4.78 is 0. The van der Waals surface area contributed by atoms with Gasteiger partial charge >= 0.3 is 26.2 Å². The number of hydrogen-bond acceptors (Lipinski definition) is 1. The Kier molecular flexibility index (Phi) is 9.84. The third kappa shape index (κ3) is 5.27. The molecule has 0 spiro atoms. The Balaban J connectivity index is 0.000000246. The monoisotopic (exact) mass is 486 g/mol. The molecule has 0 radical (unpaired) electrons. The van der Waals surface area contributed by atoms with Gasteiger partial charge in [0.15, 0.2) is 0 Å². The van der Waals surface area contributed by atoms with Crippen LogP contribution in [0.3, 0.4) is 0 Å². The van der Waals surface area contributed by atoms with Gasteiger partial charge in [-0.05, 0) is 6.42 Å². The molecule has 0 unspecified atom stereocenters. The zero-order valence-corrected chi connectivity index (χ0v) is 19.7. The zero-order valence-electron chi connectivity index (χ0n) is 14.9. The van der Waals surface area contributed by atoms with E-state index in [1.165, 1.54) is 38.9 Å². The van der Waals surface area contributed by atoms with Gasteiger partial charge in [0.25, 0.3) is 0 Å². The number of rotatable bonds is 1. The van der Waals surface area contributed by atoms with Gasteiger partial charge in [-0.2, -0.15) is 35.9 Å². The topological polar surface area (TPSA) is 0 Å². The second-order valence-electron chi connectivity index (χ2n) is 6.03. The van der Waals surface area contributed by atoms with Crippen molar-refractivity contribution in [3.05, 3.63) is 100 Å². The molecule has 0 N–H and O–H groups in total. The molecule has 1 aliphatic rings. The fraction of sp³-hybridized carbons (Fsp3) is 0.0870. The summed E-state index contributed by atoms with van der Waals surface area (Å²) in [5, 5.41) is 4.30. The smallest absolute Gasteiger partial charge is 1.00 e. The molecular weight excluding hydrogens is 470 g/mol. The van der Waals surface area contributed by atoms with Crippen molar-refractivity contribution < 1.29 is 51.0 Å². The molecule has 0 nitrogen and oxygen atoms in total. The Labute approximate surface area is 197 Å². The second-order valence-corrected chi connectivity index (χ2v) is 6.81. The summed E-state index contributed by atoms with van der Waals surface area (Å²) in [5.41, 5.74) is 9.59. The van der Waals surface area contributed by atoms with Gasteiger partial charge in [0.05, 0.1) is 0 Å². The van der Waals surface area contributed by atoms with E-state index in [4.69, 9.17) is 0 Å². The summed E-state index contributed by atoms with van der Waals surface area (Å²) in [7, 11) is 0. The Morgan fingerprint density at radius 3 is 2.41 bits per heavy atom. The van der Waals surface area contributed by atoms with Crippen molar-refractivity contribution in [2.45, 2.75) is 13.3 Å². The number of aryl methyl sites for hydroxylation is 1. The van der Waals surface area contributed by atoms with E-state index in [-0.39, 0.29) is 51.0 Å². The fourth-order valence-electron chi connectivity index (χ4n) is 3.25. The van der Waals surface area contributed by atoms with Crippen LogP contribution in [-0.4, -0.2) is 0 Å². The van der Waals surface area contributed by atoms with E-state index in [0.29, 0.717) is 0 Å². The van der Waals surface area contributed by atoms with Crippen molar-refractivity contribution in [2.75, 3.05) is 0 Å². The molecule has 0 atom stereocenters. The predicted octanol–water partition coefficient (Wildman–Crippen LogP) is 0.506. The Morgan fingerprint density at radius 2 is 1.70 bits per heavy atom. The van der Waals surface area contributed by atoms with Gasteiger partial charge in [-0.3, -0.25) is 0 Å². The van der Waals surface area contributed by atoms with Crippen LogP contribution in [0.1, 0.15) is 16.7 Å². The maximum atomic E-state index is 3.30. The number of benzene rings is 2. The predicted molar refractivity (Wildman–Crippen MR) is 104 cm³/mol. The first-order valence-corrected chi connectivity index (χ1v) is 9.10. The minimum Gasteiger partial charge on any atom is -1.00 e. The van der Waals surface area contributed by atoms with Crippen molar-refractivity contribution >= 4 is 11.3 Å². The Hall–Kier alpha value is -1.05. The number of halogens is 2. The van der Waals surface area contributed by atoms with Crippen molar-refractivity contribution in [1.82, 2.24) is 0 Å². The largest absolute Gasteiger partial charge is 4.00 e. The standard InChI is InChI=1S/C13H9.C10H9S.2ClH.Zr/c1-3-7-12-10(5-1)9-11-6-2-4-8-13(11)12;1-8-3-2-4-10(8)9-5-6-11-7-9;;;/h1-5,7-8H,9H2;2-7H,1H3;2*1H;/q2*-1;;;+4/p-2. The van der Waals surface area contributed by atoms with Gasteiger partial charge in [0, 0.05) is 0 Å². The third-order valence-corrected chi connectivity index (χ3v) is 5.17. The molecule has 134 valence electrons. The third-order valence-electron chi connectivity index (χ3n) is 4.48. The molecule has 27 heavy (non-hydrogen) atoms. The average Bonchev–Trinajstić information content (AvgIpc) is 3.34. The van der Waals surface area contributed by atoms with Crippen LogP contribution >= 0.6 is 11.3 Å². The molecule has 0 aliphatic heterocycles. The molecule has 4 heteroatoms. The molecule has 3 aromatic carbocycles. The molecule has 1 aromatic heterocycles. The van der Waals surface area contributed by atoms with Crippen LogP contribution in [0.25, 0.3) is 22.3 Å². The van der Waals surface area contributed by atoms with Crippen molar-refractivity contribution in [2.24, 2.45) is 0 Å². The molecule has 0 saturated carbocycles. The Bertz CT molecular complexity index is 914. The SMILES string of the molecule is Cc1ccc[c-]1-c1ccsc1.[Cl-].[Cl-].[Zr+4].[c-]1cccc2c1Cc1ccccc1-2. The van der Waals surface area contributed by atoms with Gasteiger partial charge in [-0.15, -0.1) is 34.9 Å². The minimum absolute atomic E-state index is 0. The van der Waals surface area contributed by atoms with E-state index >= 15 is 0 Å². The first kappa shape index (κ1) is 24.0. The molecule has 5 rings (SSSR count). The summed E-state index contributed by atoms with van der Waals surface area (Å²) in [6, 6.07) is 26.7. The summed E-state index contributed by atoms with van der Waals surface area (Å²) in [5.74, 6) is 0. The first-order valence-electron chi connectivity index (χ1n) is 8.15. The normalized spacial score (nSPS) is 10.1. The van der Waals surface area contributed by atoms with E-state index in [0.717, 1.165) is 6.42 Å². The summed E-state index contributed by atoms with van der Waals surface area (Å²) >= 11 is 1.75. The molecule has 0 saturated heterocycles. The molecule has 0 bridgehead atoms. The van der Waals surface area contributed by atoms with Crippen LogP contribution in [0.5, 0.6) is 0 Å². The number of fused-ring (bicyclic) bond motifs is 3. The molecule has 1 heterocycles. The molecule has 4 aromatic rings. The molecular formula is C23H18Cl2SZr. The van der Waals surface area contributed by atoms with E-state index in [1.54, 1.807) is 11.3 Å². The van der Waals surface area contributed by atoms with Gasteiger partial charge in [-0.25, -0.2) is 11.3 Å². The quantitative estimate of drug-likeness (QED) is 0.302. The van der Waals surface area contributed by atoms with Gasteiger partial charge in [-0.1, -0.05) is 58.6 Å². The fourth-order valence-corrected chi connectivity index (χ4v) is 3.91. The van der Waals surface area contributed by atoms with Crippen LogP contribution in [0, 0.1) is 13.0 Å². The van der Waals surface area contributed by atoms with E-state index in [2.05, 4.69) is 84.4 Å². The number of hydrogen-bond donors (Lipinski definition) is 0. The van der Waals surface area contributed by atoms with E-state index in [1.807, 2.05) is 6.07 Å². The van der Waals surface area contributed by atoms with Gasteiger partial charge in [0.2, 0.25) is 0 Å². The van der Waals surface area contributed by atoms with Crippen LogP contribution < -0.4 is 24.8 Å². The summed E-state index contributed by atoms with van der Waals surface area (Å²) in [6.07, 6.45) is 1.05. The van der Waals surface area contributed by atoms with Gasteiger partial charge < -0.3 is 24.8 Å². The maximum Gasteiger partial charge on any atom is 4.00 e. The van der Waals surface area contributed by atoms with Crippen LogP contribution in [0.2, 0.25) is 0 Å². The summed E-state index contributed by atoms with van der Waals surface area (Å²) in [6.45, 7) is 2.15. The second kappa shape index (κ2) is 11.1. The minimum atomic E-state index is 0. The van der Waals surface area contributed by atoms with E-state index in [9.17, 15) is 0 Å². The van der Waals surface area contributed by atoms with Crippen molar-refractivity contribution in [1.29, 1.82) is 0 Å². The molecule has 0 fully saturated rings. The average molecular weight is 489 g/mol. The Morgan fingerprint density at radius 1 is 0.926 bits per heavy atom. The zero-order chi connectivity index (χ0) is 16.4. The van der Waals surface area contributed by atoms with E-state index < -0.39 is 0 Å². The first-order chi connectivity index (χ1) is 11.8. The summed E-state index contributed by atoms with van der Waals surface area (Å²) in [4.78, 5) is 0. The van der Waals surface area contributed by atoms with Crippen LogP contribution in [-0.2, 0) is 32.6 Å².